The molecule has 94 valence electrons. The minimum atomic E-state index is -1.27. The molecule has 0 aliphatic rings. The number of halogens is 2. The minimum absolute atomic E-state index is 0.0141. The van der Waals surface area contributed by atoms with Crippen molar-refractivity contribution in [1.29, 1.82) is 0 Å². The Morgan fingerprint density at radius 3 is 2.44 bits per heavy atom. The Morgan fingerprint density at radius 1 is 1.44 bits per heavy atom. The number of nitrogens with zero attached hydrogens (tertiary/aromatic N) is 1. The summed E-state index contributed by atoms with van der Waals surface area (Å²) in [7, 11) is 0. The summed E-state index contributed by atoms with van der Waals surface area (Å²) in [6, 6.07) is 1.57. The van der Waals surface area contributed by atoms with Gasteiger partial charge in [0.15, 0.2) is 5.12 Å². The summed E-state index contributed by atoms with van der Waals surface area (Å²) in [6.07, 6.45) is 0. The molecule has 0 saturated carbocycles. The predicted octanol–water partition coefficient (Wildman–Crippen LogP) is 2.50. The molecule has 1 aromatic carbocycles. The molecular formula is C11H7F2NO3S. The van der Waals surface area contributed by atoms with E-state index >= 15 is 0 Å². The Hall–Kier alpha value is -1.94. The van der Waals surface area contributed by atoms with Gasteiger partial charge in [0.2, 0.25) is 11.6 Å². The zero-order chi connectivity index (χ0) is 13.7. The van der Waals surface area contributed by atoms with E-state index < -0.39 is 22.2 Å². The summed E-state index contributed by atoms with van der Waals surface area (Å²) in [5.74, 6) is 2.59. The Balaban J connectivity index is 2.93. The third-order valence-electron chi connectivity index (χ3n) is 1.78. The lowest BCUT2D eigenvalue weighted by Crippen LogP contribution is -1.97. The number of benzene rings is 1. The van der Waals surface area contributed by atoms with Crippen molar-refractivity contribution >= 4 is 22.6 Å². The van der Waals surface area contributed by atoms with E-state index in [2.05, 4.69) is 11.8 Å². The molecule has 0 fully saturated rings. The molecule has 0 spiro atoms. The van der Waals surface area contributed by atoms with Crippen LogP contribution in [0.4, 0.5) is 14.5 Å². The second-order valence-corrected chi connectivity index (χ2v) is 4.28. The van der Waals surface area contributed by atoms with E-state index in [9.17, 15) is 23.7 Å². The molecule has 0 heterocycles. The lowest BCUT2D eigenvalue weighted by Gasteiger charge is -1.96. The summed E-state index contributed by atoms with van der Waals surface area (Å²) in [5.41, 5.74) is -1.21. The van der Waals surface area contributed by atoms with Crippen LogP contribution in [0.2, 0.25) is 0 Å². The van der Waals surface area contributed by atoms with Gasteiger partial charge in [-0.3, -0.25) is 14.9 Å². The van der Waals surface area contributed by atoms with Gasteiger partial charge in [-0.25, -0.2) is 0 Å². The van der Waals surface area contributed by atoms with Gasteiger partial charge in [-0.05, 0) is 12.1 Å². The van der Waals surface area contributed by atoms with Gasteiger partial charge in [-0.2, -0.15) is 8.78 Å². The van der Waals surface area contributed by atoms with Gasteiger partial charge in [0, 0.05) is 12.5 Å². The van der Waals surface area contributed by atoms with Gasteiger partial charge in [0.25, 0.3) is 0 Å². The summed E-state index contributed by atoms with van der Waals surface area (Å²) >= 11 is 0.959. The minimum Gasteiger partial charge on any atom is -0.288 e. The first-order valence-electron chi connectivity index (χ1n) is 4.67. The Labute approximate surface area is 106 Å². The van der Waals surface area contributed by atoms with Gasteiger partial charge in [-0.15, -0.1) is 0 Å². The SMILES string of the molecule is CC(=O)SCC#Cc1cc(F)c([N+](=O)[O-])c(F)c1. The van der Waals surface area contributed by atoms with Crippen LogP contribution in [0.15, 0.2) is 12.1 Å². The number of hydrogen-bond donors (Lipinski definition) is 0. The smallest absolute Gasteiger partial charge is 0.288 e. The Kier molecular flexibility index (Phi) is 4.80. The summed E-state index contributed by atoms with van der Waals surface area (Å²) in [5, 5.41) is 10.2. The highest BCUT2D eigenvalue weighted by atomic mass is 32.2. The monoisotopic (exact) mass is 271 g/mol. The quantitative estimate of drug-likeness (QED) is 0.471. The molecule has 0 unspecified atom stereocenters. The molecule has 0 aliphatic carbocycles. The van der Waals surface area contributed by atoms with Crippen molar-refractivity contribution in [3.8, 4) is 11.8 Å². The Bertz CT molecular complexity index is 540. The molecule has 7 heteroatoms. The van der Waals surface area contributed by atoms with Crippen LogP contribution in [0.3, 0.4) is 0 Å². The van der Waals surface area contributed by atoms with Gasteiger partial charge < -0.3 is 0 Å². The fourth-order valence-electron chi connectivity index (χ4n) is 1.09. The van der Waals surface area contributed by atoms with E-state index in [1.165, 1.54) is 6.92 Å². The Morgan fingerprint density at radius 2 is 2.00 bits per heavy atom. The highest BCUT2D eigenvalue weighted by molar-refractivity contribution is 8.13. The molecule has 0 amide bonds. The van der Waals surface area contributed by atoms with Crippen LogP contribution in [-0.2, 0) is 4.79 Å². The van der Waals surface area contributed by atoms with Crippen molar-refractivity contribution < 1.29 is 18.5 Å². The number of carbonyl (C=O) groups excluding carboxylic acids is 1. The number of hydrogen-bond acceptors (Lipinski definition) is 4. The standard InChI is InChI=1S/C11H7F2NO3S/c1-7(15)18-4-2-3-8-5-9(12)11(14(16)17)10(13)6-8/h5-6H,4H2,1H3. The van der Waals surface area contributed by atoms with E-state index in [1.807, 2.05) is 0 Å². The lowest BCUT2D eigenvalue weighted by atomic mass is 10.2. The molecule has 0 aromatic heterocycles. The van der Waals surface area contributed by atoms with Crippen LogP contribution in [0, 0.1) is 33.6 Å². The van der Waals surface area contributed by atoms with Crippen molar-refractivity contribution in [2.24, 2.45) is 0 Å². The second-order valence-electron chi connectivity index (χ2n) is 3.13. The van der Waals surface area contributed by atoms with Gasteiger partial charge in [0.1, 0.15) is 0 Å². The maximum absolute atomic E-state index is 13.2. The third-order valence-corrected chi connectivity index (χ3v) is 2.47. The number of rotatable bonds is 2. The van der Waals surface area contributed by atoms with Crippen LogP contribution >= 0.6 is 11.8 Å². The zero-order valence-electron chi connectivity index (χ0n) is 9.20. The van der Waals surface area contributed by atoms with Crippen LogP contribution in [0.5, 0.6) is 0 Å². The fraction of sp³-hybridized carbons (Fsp3) is 0.182. The van der Waals surface area contributed by atoms with Crippen LogP contribution in [-0.4, -0.2) is 15.8 Å². The average molecular weight is 271 g/mol. The lowest BCUT2D eigenvalue weighted by molar-refractivity contribution is -0.390. The van der Waals surface area contributed by atoms with Crippen molar-refractivity contribution in [3.05, 3.63) is 39.4 Å². The number of nitro groups is 1. The molecule has 4 nitrogen and oxygen atoms in total. The molecule has 0 N–H and O–H groups in total. The van der Waals surface area contributed by atoms with Crippen LogP contribution in [0.1, 0.15) is 12.5 Å². The van der Waals surface area contributed by atoms with Gasteiger partial charge >= 0.3 is 5.69 Å². The first-order valence-corrected chi connectivity index (χ1v) is 5.66. The number of nitro benzene ring substituents is 1. The first-order chi connectivity index (χ1) is 8.41. The summed E-state index contributed by atoms with van der Waals surface area (Å²) in [6.45, 7) is 1.37. The maximum Gasteiger partial charge on any atom is 0.340 e. The topological polar surface area (TPSA) is 60.2 Å². The number of thioether (sulfide) groups is 1. The van der Waals surface area contributed by atoms with Gasteiger partial charge in [0.05, 0.1) is 10.7 Å². The molecule has 18 heavy (non-hydrogen) atoms. The van der Waals surface area contributed by atoms with Crippen LogP contribution < -0.4 is 0 Å². The molecule has 0 atom stereocenters. The van der Waals surface area contributed by atoms with Crippen molar-refractivity contribution in [2.75, 3.05) is 5.75 Å². The normalized spacial score (nSPS) is 9.50. The largest absolute Gasteiger partial charge is 0.340 e. The molecule has 1 aromatic rings. The zero-order valence-corrected chi connectivity index (χ0v) is 10.0. The van der Waals surface area contributed by atoms with E-state index in [-0.39, 0.29) is 16.4 Å². The molecule has 1 rings (SSSR count). The van der Waals surface area contributed by atoms with Crippen molar-refractivity contribution in [2.45, 2.75) is 6.92 Å². The van der Waals surface area contributed by atoms with E-state index in [1.54, 1.807) is 0 Å². The van der Waals surface area contributed by atoms with Crippen LogP contribution in [0.25, 0.3) is 0 Å². The molecule has 0 aliphatic heterocycles. The predicted molar refractivity (Wildman–Crippen MR) is 63.0 cm³/mol. The van der Waals surface area contributed by atoms with E-state index in [0.29, 0.717) is 0 Å². The third kappa shape index (κ3) is 3.82. The van der Waals surface area contributed by atoms with E-state index in [4.69, 9.17) is 0 Å². The summed E-state index contributed by atoms with van der Waals surface area (Å²) < 4.78 is 26.4. The highest BCUT2D eigenvalue weighted by Crippen LogP contribution is 2.22. The van der Waals surface area contributed by atoms with Crippen molar-refractivity contribution in [3.63, 3.8) is 0 Å². The van der Waals surface area contributed by atoms with Crippen molar-refractivity contribution in [1.82, 2.24) is 0 Å². The maximum atomic E-state index is 13.2. The van der Waals surface area contributed by atoms with E-state index in [0.717, 1.165) is 23.9 Å². The molecule has 0 saturated heterocycles. The summed E-state index contributed by atoms with van der Waals surface area (Å²) in [4.78, 5) is 19.8. The highest BCUT2D eigenvalue weighted by Gasteiger charge is 2.21. The molecule has 0 radical (unpaired) electrons. The molecule has 0 bridgehead atoms. The molecular weight excluding hydrogens is 264 g/mol. The average Bonchev–Trinajstić information content (AvgIpc) is 2.22. The fourth-order valence-corrected chi connectivity index (χ4v) is 1.44. The van der Waals surface area contributed by atoms with Gasteiger partial charge in [-0.1, -0.05) is 23.6 Å². The first kappa shape index (κ1) is 14.1. The second kappa shape index (κ2) is 6.12. The number of carbonyl (C=O) groups is 1.